The van der Waals surface area contributed by atoms with Gasteiger partial charge in [-0.3, -0.25) is 0 Å². The van der Waals surface area contributed by atoms with Crippen molar-refractivity contribution in [3.05, 3.63) is 11.3 Å². The Balaban J connectivity index is 1.97. The molecule has 2 heterocycles. The van der Waals surface area contributed by atoms with E-state index in [9.17, 15) is 9.59 Å². The van der Waals surface area contributed by atoms with Gasteiger partial charge in [-0.25, -0.2) is 9.59 Å². The van der Waals surface area contributed by atoms with Crippen molar-refractivity contribution in [3.63, 3.8) is 0 Å². The van der Waals surface area contributed by atoms with Crippen LogP contribution >= 0.6 is 34.9 Å². The maximum Gasteiger partial charge on any atom is 0.337 e. The fraction of sp³-hybridized carbons (Fsp3) is 0.571. The van der Waals surface area contributed by atoms with Gasteiger partial charge in [-0.05, 0) is 13.3 Å². The lowest BCUT2D eigenvalue weighted by molar-refractivity contribution is -0.138. The normalized spacial score (nSPS) is 14.3. The van der Waals surface area contributed by atoms with Crippen LogP contribution in [-0.2, 0) is 9.53 Å². The third kappa shape index (κ3) is 5.67. The van der Waals surface area contributed by atoms with Crippen molar-refractivity contribution >= 4 is 46.9 Å². The topological polar surface area (TPSA) is 93.2 Å². The standard InChI is InChI=1S/C14H20N4O3S3/c1-3-5-6-22-13-17-18-14(24-13)23-8-10-9(11(19)21-4-2)7-15-12(20)16-10/h3-8H2,1-2H3,(H2,15,16,20). The summed E-state index contributed by atoms with van der Waals surface area (Å²) in [6.45, 7) is 4.38. The van der Waals surface area contributed by atoms with Gasteiger partial charge in [0.1, 0.15) is 0 Å². The Kier molecular flexibility index (Phi) is 7.86. The number of unbranched alkanes of at least 4 members (excludes halogenated alkanes) is 1. The fourth-order valence-corrected chi connectivity index (χ4v) is 4.98. The zero-order valence-electron chi connectivity index (χ0n) is 13.6. The molecule has 7 nitrogen and oxygen atoms in total. The number of nitrogens with zero attached hydrogens (tertiary/aromatic N) is 2. The van der Waals surface area contributed by atoms with E-state index in [-0.39, 0.29) is 12.6 Å². The number of esters is 1. The van der Waals surface area contributed by atoms with Crippen LogP contribution in [0.15, 0.2) is 19.9 Å². The summed E-state index contributed by atoms with van der Waals surface area (Å²) in [5.74, 6) is 1.07. The minimum atomic E-state index is -0.409. The first kappa shape index (κ1) is 19.1. The number of carbonyl (C=O) groups excluding carboxylic acids is 2. The second-order valence-corrected chi connectivity index (χ2v) is 8.35. The molecule has 1 aliphatic heterocycles. The molecule has 24 heavy (non-hydrogen) atoms. The van der Waals surface area contributed by atoms with Crippen molar-refractivity contribution in [1.82, 2.24) is 20.8 Å². The van der Waals surface area contributed by atoms with Crippen LogP contribution in [0, 0.1) is 0 Å². The number of amides is 2. The molecule has 0 radical (unpaired) electrons. The first-order valence-electron chi connectivity index (χ1n) is 7.67. The van der Waals surface area contributed by atoms with E-state index >= 15 is 0 Å². The Morgan fingerprint density at radius 3 is 2.75 bits per heavy atom. The summed E-state index contributed by atoms with van der Waals surface area (Å²) in [5.41, 5.74) is 1.02. The number of thioether (sulfide) groups is 2. The lowest BCUT2D eigenvalue weighted by Crippen LogP contribution is -2.44. The lowest BCUT2D eigenvalue weighted by Gasteiger charge is -2.20. The monoisotopic (exact) mass is 388 g/mol. The second kappa shape index (κ2) is 9.90. The molecule has 0 aliphatic carbocycles. The highest BCUT2D eigenvalue weighted by Gasteiger charge is 2.23. The van der Waals surface area contributed by atoms with Crippen LogP contribution in [0.4, 0.5) is 4.79 Å². The van der Waals surface area contributed by atoms with Crippen LogP contribution in [0.2, 0.25) is 0 Å². The van der Waals surface area contributed by atoms with Crippen LogP contribution in [0.5, 0.6) is 0 Å². The molecule has 0 spiro atoms. The summed E-state index contributed by atoms with van der Waals surface area (Å²) >= 11 is 4.69. The average molecular weight is 389 g/mol. The van der Waals surface area contributed by atoms with Gasteiger partial charge in [-0.2, -0.15) is 0 Å². The number of rotatable bonds is 9. The molecule has 0 atom stereocenters. The molecule has 0 aromatic carbocycles. The molecule has 2 amide bonds. The van der Waals surface area contributed by atoms with Crippen LogP contribution in [0.3, 0.4) is 0 Å². The highest BCUT2D eigenvalue weighted by atomic mass is 32.2. The van der Waals surface area contributed by atoms with Gasteiger partial charge in [-0.15, -0.1) is 10.2 Å². The van der Waals surface area contributed by atoms with Crippen LogP contribution in [0.1, 0.15) is 26.7 Å². The summed E-state index contributed by atoms with van der Waals surface area (Å²) in [6.07, 6.45) is 2.31. The van der Waals surface area contributed by atoms with Crippen molar-refractivity contribution in [2.24, 2.45) is 0 Å². The van der Waals surface area contributed by atoms with Gasteiger partial charge in [0.2, 0.25) is 0 Å². The van der Waals surface area contributed by atoms with E-state index in [4.69, 9.17) is 4.74 Å². The fourth-order valence-electron chi connectivity index (χ4n) is 1.82. The molecule has 0 saturated heterocycles. The molecule has 132 valence electrons. The number of urea groups is 1. The summed E-state index contributed by atoms with van der Waals surface area (Å²) < 4.78 is 6.79. The second-order valence-electron chi connectivity index (χ2n) is 4.81. The Bertz CT molecular complexity index is 618. The Hall–Kier alpha value is -1.26. The molecule has 0 unspecified atom stereocenters. The SMILES string of the molecule is CCCCSc1nnc(SCC2=C(C(=O)OCC)CNC(=O)N2)s1. The van der Waals surface area contributed by atoms with E-state index in [0.717, 1.165) is 27.3 Å². The van der Waals surface area contributed by atoms with E-state index in [1.165, 1.54) is 23.1 Å². The van der Waals surface area contributed by atoms with E-state index in [0.29, 0.717) is 23.6 Å². The predicted molar refractivity (Wildman–Crippen MR) is 96.5 cm³/mol. The molecule has 2 rings (SSSR count). The zero-order chi connectivity index (χ0) is 17.4. The van der Waals surface area contributed by atoms with Gasteiger partial charge in [-0.1, -0.05) is 48.2 Å². The third-order valence-electron chi connectivity index (χ3n) is 3.03. The minimum Gasteiger partial charge on any atom is -0.463 e. The van der Waals surface area contributed by atoms with Crippen molar-refractivity contribution in [3.8, 4) is 0 Å². The van der Waals surface area contributed by atoms with Crippen LogP contribution in [0.25, 0.3) is 0 Å². The highest BCUT2D eigenvalue weighted by Crippen LogP contribution is 2.30. The van der Waals surface area contributed by atoms with E-state index in [1.807, 2.05) is 0 Å². The van der Waals surface area contributed by atoms with E-state index < -0.39 is 5.97 Å². The quantitative estimate of drug-likeness (QED) is 0.382. The summed E-state index contributed by atoms with van der Waals surface area (Å²) in [6, 6.07) is -0.313. The van der Waals surface area contributed by atoms with Gasteiger partial charge >= 0.3 is 12.0 Å². The Labute approximate surface area is 153 Å². The number of ether oxygens (including phenoxy) is 1. The molecule has 1 aliphatic rings. The summed E-state index contributed by atoms with van der Waals surface area (Å²) in [4.78, 5) is 23.5. The van der Waals surface area contributed by atoms with Gasteiger partial charge in [0.25, 0.3) is 0 Å². The van der Waals surface area contributed by atoms with Gasteiger partial charge in [0, 0.05) is 17.2 Å². The summed E-state index contributed by atoms with van der Waals surface area (Å²) in [5, 5.41) is 13.6. The van der Waals surface area contributed by atoms with Crippen molar-refractivity contribution in [2.75, 3.05) is 24.7 Å². The van der Waals surface area contributed by atoms with E-state index in [2.05, 4.69) is 27.8 Å². The smallest absolute Gasteiger partial charge is 0.337 e. The van der Waals surface area contributed by atoms with Gasteiger partial charge in [0.05, 0.1) is 18.7 Å². The molecular formula is C14H20N4O3S3. The molecule has 2 N–H and O–H groups in total. The first-order valence-corrected chi connectivity index (χ1v) is 10.5. The molecule has 1 aromatic heterocycles. The summed E-state index contributed by atoms with van der Waals surface area (Å²) in [7, 11) is 0. The molecule has 0 bridgehead atoms. The Morgan fingerprint density at radius 1 is 1.29 bits per heavy atom. The minimum absolute atomic E-state index is 0.175. The largest absolute Gasteiger partial charge is 0.463 e. The Morgan fingerprint density at radius 2 is 2.04 bits per heavy atom. The first-order chi connectivity index (χ1) is 11.6. The molecule has 10 heteroatoms. The maximum atomic E-state index is 12.0. The number of hydrogen-bond acceptors (Lipinski definition) is 8. The van der Waals surface area contributed by atoms with Crippen molar-refractivity contribution in [1.29, 1.82) is 0 Å². The van der Waals surface area contributed by atoms with Crippen LogP contribution < -0.4 is 10.6 Å². The molecular weight excluding hydrogens is 368 g/mol. The third-order valence-corrected chi connectivity index (χ3v) is 6.33. The average Bonchev–Trinajstić information content (AvgIpc) is 3.01. The molecule has 1 aromatic rings. The predicted octanol–water partition coefficient (Wildman–Crippen LogP) is 2.65. The highest BCUT2D eigenvalue weighted by molar-refractivity contribution is 8.03. The van der Waals surface area contributed by atoms with Crippen LogP contribution in [-0.4, -0.2) is 46.9 Å². The van der Waals surface area contributed by atoms with E-state index in [1.54, 1.807) is 18.7 Å². The number of hydrogen-bond donors (Lipinski definition) is 2. The van der Waals surface area contributed by atoms with Crippen molar-refractivity contribution in [2.45, 2.75) is 35.4 Å². The van der Waals surface area contributed by atoms with Gasteiger partial charge < -0.3 is 15.4 Å². The molecule has 0 saturated carbocycles. The van der Waals surface area contributed by atoms with Crippen molar-refractivity contribution < 1.29 is 14.3 Å². The number of carbonyl (C=O) groups is 2. The number of aromatic nitrogens is 2. The maximum absolute atomic E-state index is 12.0. The zero-order valence-corrected chi connectivity index (χ0v) is 16.0. The molecule has 0 fully saturated rings. The van der Waals surface area contributed by atoms with Gasteiger partial charge in [0.15, 0.2) is 8.68 Å². The lowest BCUT2D eigenvalue weighted by atomic mass is 10.2. The number of nitrogens with one attached hydrogen (secondary N) is 2.